The Bertz CT molecular complexity index is 1240. The van der Waals surface area contributed by atoms with Crippen molar-refractivity contribution in [3.8, 4) is 11.6 Å². The van der Waals surface area contributed by atoms with Crippen LogP contribution < -0.4 is 10.1 Å². The molecule has 0 aliphatic carbocycles. The molecular weight excluding hydrogens is 432 g/mol. The molecule has 0 spiro atoms. The van der Waals surface area contributed by atoms with Gasteiger partial charge in [-0.3, -0.25) is 0 Å². The van der Waals surface area contributed by atoms with E-state index >= 15 is 0 Å². The normalized spacial score (nSPS) is 13.1. The van der Waals surface area contributed by atoms with Crippen molar-refractivity contribution in [2.75, 3.05) is 18.5 Å². The number of nitrogens with one attached hydrogen (secondary N) is 1. The molecule has 0 atom stereocenters. The molecule has 0 unspecified atom stereocenters. The van der Waals surface area contributed by atoms with Gasteiger partial charge in [0.25, 0.3) is 0 Å². The van der Waals surface area contributed by atoms with Crippen LogP contribution >= 0.6 is 0 Å². The minimum absolute atomic E-state index is 0.0285. The summed E-state index contributed by atoms with van der Waals surface area (Å²) in [5, 5.41) is 26.7. The molecule has 1 aliphatic rings. The van der Waals surface area contributed by atoms with Crippen LogP contribution in [0.3, 0.4) is 0 Å². The van der Waals surface area contributed by atoms with E-state index in [0.717, 1.165) is 33.8 Å². The zero-order chi connectivity index (χ0) is 24.1. The first-order valence-corrected chi connectivity index (χ1v) is 10.9. The number of nitrogens with zero attached hydrogens (tertiary/aromatic N) is 5. The summed E-state index contributed by atoms with van der Waals surface area (Å²) in [7, 11) is 0. The lowest BCUT2D eigenvalue weighted by molar-refractivity contribution is 0.200. The van der Waals surface area contributed by atoms with Gasteiger partial charge in [-0.15, -0.1) is 0 Å². The third-order valence-electron chi connectivity index (χ3n) is 5.24. The van der Waals surface area contributed by atoms with E-state index in [-0.39, 0.29) is 19.0 Å². The molecule has 0 saturated carbocycles. The van der Waals surface area contributed by atoms with E-state index in [1.165, 1.54) is 0 Å². The molecule has 3 heterocycles. The van der Waals surface area contributed by atoms with Gasteiger partial charge in [-0.2, -0.15) is 10.1 Å². The van der Waals surface area contributed by atoms with Gasteiger partial charge in [0.05, 0.1) is 18.8 Å². The predicted octanol–water partition coefficient (Wildman–Crippen LogP) is 3.99. The van der Waals surface area contributed by atoms with Crippen LogP contribution in [0.25, 0.3) is 5.82 Å². The first-order chi connectivity index (χ1) is 16.4. The van der Waals surface area contributed by atoms with E-state index in [9.17, 15) is 5.11 Å². The maximum atomic E-state index is 9.86. The Morgan fingerprint density at radius 2 is 1.91 bits per heavy atom. The first-order valence-electron chi connectivity index (χ1n) is 10.9. The van der Waals surface area contributed by atoms with Crippen molar-refractivity contribution in [1.82, 2.24) is 24.6 Å². The maximum absolute atomic E-state index is 9.86. The van der Waals surface area contributed by atoms with Crippen molar-refractivity contribution in [3.05, 3.63) is 89.4 Å². The Kier molecular flexibility index (Phi) is 6.93. The zero-order valence-corrected chi connectivity index (χ0v) is 19.4. The highest BCUT2D eigenvalue weighted by molar-refractivity contribution is 5.60. The highest BCUT2D eigenvalue weighted by atomic mass is 16.5. The molecule has 2 aromatic heterocycles. The Labute approximate surface area is 198 Å². The minimum atomic E-state index is -0.0285. The van der Waals surface area contributed by atoms with E-state index < -0.39 is 0 Å². The number of ether oxygens (including phenoxy) is 1. The summed E-state index contributed by atoms with van der Waals surface area (Å²) in [4.78, 5) is 10.9. The van der Waals surface area contributed by atoms with E-state index in [0.29, 0.717) is 18.3 Å². The van der Waals surface area contributed by atoms with Crippen LogP contribution in [-0.2, 0) is 6.54 Å². The number of aromatic nitrogens is 4. The number of anilines is 2. The molecule has 0 bridgehead atoms. The summed E-state index contributed by atoms with van der Waals surface area (Å²) in [5.41, 5.74) is 4.63. The number of rotatable bonds is 8. The quantitative estimate of drug-likeness (QED) is 0.463. The topological polar surface area (TPSA) is 109 Å². The predicted molar refractivity (Wildman–Crippen MR) is 130 cm³/mol. The monoisotopic (exact) mass is 460 g/mol. The van der Waals surface area contributed by atoms with Crippen LogP contribution in [0.2, 0.25) is 0 Å². The Hall–Kier alpha value is -4.11. The van der Waals surface area contributed by atoms with Crippen molar-refractivity contribution < 1.29 is 14.9 Å². The number of aliphatic hydroxyl groups excluding tert-OH is 2. The van der Waals surface area contributed by atoms with Crippen molar-refractivity contribution in [1.29, 1.82) is 0 Å². The third kappa shape index (κ3) is 5.44. The standard InChI is InChI=1S/C25H28N6O3/c1-17-12-21(13-18(2)24(17)34-11-10-32)27-25-26-8-7-23(28-25)31-15-20(19(3)29-31)14-30-9-5-4-6-22(33)16-30/h4-9,12-13,15-16,32-33H,10-11,14H2,1-3H3,(H,26,27,28). The van der Waals surface area contributed by atoms with Crippen molar-refractivity contribution in [2.45, 2.75) is 27.3 Å². The van der Waals surface area contributed by atoms with Gasteiger partial charge in [0.15, 0.2) is 5.82 Å². The number of hydrogen-bond donors (Lipinski definition) is 3. The summed E-state index contributed by atoms with van der Waals surface area (Å²) in [5.74, 6) is 2.05. The molecule has 0 amide bonds. The number of aliphatic hydroxyl groups is 2. The van der Waals surface area contributed by atoms with Crippen LogP contribution in [-0.4, -0.2) is 48.1 Å². The van der Waals surface area contributed by atoms with Crippen molar-refractivity contribution >= 4 is 11.6 Å². The molecule has 0 saturated heterocycles. The van der Waals surface area contributed by atoms with E-state index in [1.807, 2.05) is 56.3 Å². The van der Waals surface area contributed by atoms with Gasteiger partial charge in [-0.05, 0) is 56.2 Å². The SMILES string of the molecule is Cc1cc(Nc2nccc(-n3cc(CN4C=CC=CC(O)=C4)c(C)n3)n2)cc(C)c1OCCO. The fourth-order valence-corrected chi connectivity index (χ4v) is 3.70. The van der Waals surface area contributed by atoms with Gasteiger partial charge in [0.1, 0.15) is 18.1 Å². The molecule has 4 rings (SSSR count). The maximum Gasteiger partial charge on any atom is 0.229 e. The van der Waals surface area contributed by atoms with Gasteiger partial charge in [0, 0.05) is 42.1 Å². The van der Waals surface area contributed by atoms with Gasteiger partial charge in [-0.1, -0.05) is 6.08 Å². The zero-order valence-electron chi connectivity index (χ0n) is 19.4. The third-order valence-corrected chi connectivity index (χ3v) is 5.24. The number of benzene rings is 1. The van der Waals surface area contributed by atoms with Gasteiger partial charge < -0.3 is 25.2 Å². The van der Waals surface area contributed by atoms with Crippen molar-refractivity contribution in [3.63, 3.8) is 0 Å². The highest BCUT2D eigenvalue weighted by Crippen LogP contribution is 2.28. The fourth-order valence-electron chi connectivity index (χ4n) is 3.70. The molecule has 9 heteroatoms. The second-order valence-corrected chi connectivity index (χ2v) is 7.99. The summed E-state index contributed by atoms with van der Waals surface area (Å²) in [6.07, 6.45) is 12.5. The lowest BCUT2D eigenvalue weighted by Crippen LogP contribution is -2.09. The molecular formula is C25H28N6O3. The summed E-state index contributed by atoms with van der Waals surface area (Å²) in [6, 6.07) is 5.71. The van der Waals surface area contributed by atoms with Gasteiger partial charge in [0.2, 0.25) is 5.95 Å². The fraction of sp³-hybridized carbons (Fsp3) is 0.240. The lowest BCUT2D eigenvalue weighted by Gasteiger charge is -2.14. The lowest BCUT2D eigenvalue weighted by atomic mass is 10.1. The van der Waals surface area contributed by atoms with E-state index in [4.69, 9.17) is 9.84 Å². The second-order valence-electron chi connectivity index (χ2n) is 7.99. The summed E-state index contributed by atoms with van der Waals surface area (Å²) >= 11 is 0. The molecule has 3 aromatic rings. The first kappa shape index (κ1) is 23.1. The molecule has 0 radical (unpaired) electrons. The Morgan fingerprint density at radius 1 is 1.12 bits per heavy atom. The molecule has 176 valence electrons. The average Bonchev–Trinajstić information content (AvgIpc) is 3.03. The highest BCUT2D eigenvalue weighted by Gasteiger charge is 2.12. The van der Waals surface area contributed by atoms with Crippen LogP contribution in [0.4, 0.5) is 11.6 Å². The van der Waals surface area contributed by atoms with Gasteiger partial charge in [-0.25, -0.2) is 9.67 Å². The van der Waals surface area contributed by atoms with Crippen LogP contribution in [0.5, 0.6) is 5.75 Å². The summed E-state index contributed by atoms with van der Waals surface area (Å²) < 4.78 is 7.36. The van der Waals surface area contributed by atoms with Crippen molar-refractivity contribution in [2.24, 2.45) is 0 Å². The molecule has 9 nitrogen and oxygen atoms in total. The molecule has 3 N–H and O–H groups in total. The minimum Gasteiger partial charge on any atom is -0.506 e. The van der Waals surface area contributed by atoms with E-state index in [2.05, 4.69) is 20.4 Å². The number of allylic oxidation sites excluding steroid dienone is 3. The number of aryl methyl sites for hydroxylation is 3. The smallest absolute Gasteiger partial charge is 0.229 e. The summed E-state index contributed by atoms with van der Waals surface area (Å²) in [6.45, 7) is 6.66. The molecule has 1 aliphatic heterocycles. The average molecular weight is 461 g/mol. The number of hydrogen-bond acceptors (Lipinski definition) is 8. The van der Waals surface area contributed by atoms with Crippen LogP contribution in [0.1, 0.15) is 22.4 Å². The largest absolute Gasteiger partial charge is 0.506 e. The Balaban J connectivity index is 1.52. The second kappa shape index (κ2) is 10.2. The van der Waals surface area contributed by atoms with Gasteiger partial charge >= 0.3 is 0 Å². The van der Waals surface area contributed by atoms with Crippen LogP contribution in [0, 0.1) is 20.8 Å². The van der Waals surface area contributed by atoms with Crippen LogP contribution in [0.15, 0.2) is 67.0 Å². The molecule has 1 aromatic carbocycles. The Morgan fingerprint density at radius 3 is 2.68 bits per heavy atom. The molecule has 34 heavy (non-hydrogen) atoms. The van der Waals surface area contributed by atoms with E-state index in [1.54, 1.807) is 35.3 Å². The molecule has 0 fully saturated rings.